The van der Waals surface area contributed by atoms with Crippen molar-refractivity contribution in [3.63, 3.8) is 0 Å². The lowest BCUT2D eigenvalue weighted by Gasteiger charge is -2.29. The van der Waals surface area contributed by atoms with Gasteiger partial charge in [-0.15, -0.1) is 0 Å². The number of nitrogens with zero attached hydrogens (tertiary/aromatic N) is 1. The highest BCUT2D eigenvalue weighted by Crippen LogP contribution is 2.26. The molecule has 1 aliphatic heterocycles. The van der Waals surface area contributed by atoms with Gasteiger partial charge in [-0.2, -0.15) is 0 Å². The van der Waals surface area contributed by atoms with Gasteiger partial charge in [-0.05, 0) is 48.4 Å². The van der Waals surface area contributed by atoms with E-state index in [0.717, 1.165) is 24.2 Å². The summed E-state index contributed by atoms with van der Waals surface area (Å²) in [7, 11) is 0. The molecule has 1 N–H and O–H groups in total. The number of allylic oxidation sites excluding steroid dienone is 1. The maximum Gasteiger partial charge on any atom is 0.328 e. The first-order chi connectivity index (χ1) is 9.58. The minimum absolute atomic E-state index is 0.201. The normalized spacial score (nSPS) is 16.6. The second-order valence-corrected chi connectivity index (χ2v) is 5.69. The zero-order valence-corrected chi connectivity index (χ0v) is 12.3. The van der Waals surface area contributed by atoms with E-state index in [0.29, 0.717) is 0 Å². The van der Waals surface area contributed by atoms with Gasteiger partial charge in [0.25, 0.3) is 0 Å². The molecule has 0 atom stereocenters. The van der Waals surface area contributed by atoms with E-state index < -0.39 is 5.97 Å². The van der Waals surface area contributed by atoms with E-state index >= 15 is 0 Å². The largest absolute Gasteiger partial charge is 0.478 e. The van der Waals surface area contributed by atoms with Crippen LogP contribution in [0.4, 0.5) is 5.69 Å². The zero-order chi connectivity index (χ0) is 14.5. The number of benzene rings is 1. The van der Waals surface area contributed by atoms with Crippen LogP contribution in [0.25, 0.3) is 5.57 Å². The maximum atomic E-state index is 10.9. The Bertz CT molecular complexity index is 482. The molecule has 3 heteroatoms. The molecule has 1 saturated heterocycles. The number of piperidine rings is 1. The van der Waals surface area contributed by atoms with E-state index in [1.165, 1.54) is 31.0 Å². The third kappa shape index (κ3) is 3.62. The molecule has 0 unspecified atom stereocenters. The second-order valence-electron chi connectivity index (χ2n) is 5.69. The summed E-state index contributed by atoms with van der Waals surface area (Å²) in [5.41, 5.74) is 3.12. The average molecular weight is 273 g/mol. The van der Waals surface area contributed by atoms with Crippen LogP contribution in [0.5, 0.6) is 0 Å². The quantitative estimate of drug-likeness (QED) is 0.848. The molecule has 1 aliphatic rings. The molecule has 108 valence electrons. The van der Waals surface area contributed by atoms with Gasteiger partial charge in [-0.3, -0.25) is 0 Å². The third-order valence-electron chi connectivity index (χ3n) is 3.82. The minimum atomic E-state index is -0.881. The van der Waals surface area contributed by atoms with Gasteiger partial charge in [0, 0.05) is 24.9 Å². The Morgan fingerprint density at radius 2 is 1.75 bits per heavy atom. The van der Waals surface area contributed by atoms with E-state index in [1.54, 1.807) is 0 Å². The van der Waals surface area contributed by atoms with Crippen LogP contribution < -0.4 is 4.90 Å². The number of carboxylic acids is 1. The van der Waals surface area contributed by atoms with Gasteiger partial charge < -0.3 is 10.0 Å². The van der Waals surface area contributed by atoms with E-state index in [4.69, 9.17) is 5.11 Å². The number of anilines is 1. The van der Waals surface area contributed by atoms with Crippen molar-refractivity contribution in [1.29, 1.82) is 0 Å². The van der Waals surface area contributed by atoms with Crippen molar-refractivity contribution in [2.24, 2.45) is 5.92 Å². The summed E-state index contributed by atoms with van der Waals surface area (Å²) in [6, 6.07) is 8.30. The smallest absolute Gasteiger partial charge is 0.328 e. The first kappa shape index (κ1) is 14.6. The molecule has 0 bridgehead atoms. The Morgan fingerprint density at radius 1 is 1.15 bits per heavy atom. The van der Waals surface area contributed by atoms with Crippen molar-refractivity contribution < 1.29 is 9.90 Å². The molecule has 1 fully saturated rings. The number of aliphatic carboxylic acids is 1. The zero-order valence-electron chi connectivity index (χ0n) is 12.3. The van der Waals surface area contributed by atoms with E-state index in [9.17, 15) is 4.79 Å². The van der Waals surface area contributed by atoms with Gasteiger partial charge in [0.2, 0.25) is 0 Å². The fraction of sp³-hybridized carbons (Fsp3) is 0.471. The molecule has 0 radical (unpaired) electrons. The number of hydrogen-bond donors (Lipinski definition) is 1. The summed E-state index contributed by atoms with van der Waals surface area (Å²) < 4.78 is 0. The van der Waals surface area contributed by atoms with Gasteiger partial charge >= 0.3 is 5.97 Å². The predicted octanol–water partition coefficient (Wildman–Crippen LogP) is 3.80. The molecular formula is C17H23NO2. The van der Waals surface area contributed by atoms with Gasteiger partial charge in [0.15, 0.2) is 0 Å². The van der Waals surface area contributed by atoms with Gasteiger partial charge in [-0.1, -0.05) is 26.0 Å². The maximum absolute atomic E-state index is 10.9. The second kappa shape index (κ2) is 6.60. The average Bonchev–Trinajstić information content (AvgIpc) is 2.45. The Balaban J connectivity index is 2.19. The van der Waals surface area contributed by atoms with Crippen LogP contribution in [0.1, 0.15) is 38.7 Å². The van der Waals surface area contributed by atoms with Crippen molar-refractivity contribution in [1.82, 2.24) is 0 Å². The number of carboxylic acid groups (broad SMARTS) is 1. The van der Waals surface area contributed by atoms with Crippen molar-refractivity contribution in [3.05, 3.63) is 35.9 Å². The molecule has 2 rings (SSSR count). The first-order valence-electron chi connectivity index (χ1n) is 7.38. The van der Waals surface area contributed by atoms with Crippen molar-refractivity contribution >= 4 is 17.2 Å². The van der Waals surface area contributed by atoms with Crippen LogP contribution in [-0.4, -0.2) is 24.2 Å². The standard InChI is InChI=1S/C17H23NO2/c1-13(2)16(12-17(19)20)14-6-8-15(9-7-14)18-10-4-3-5-11-18/h6-9,12-13H,3-5,10-11H2,1-2H3,(H,19,20)/b16-12+. The van der Waals surface area contributed by atoms with Crippen molar-refractivity contribution in [2.75, 3.05) is 18.0 Å². The Labute approximate surface area is 120 Å². The Kier molecular flexibility index (Phi) is 4.83. The highest BCUT2D eigenvalue weighted by atomic mass is 16.4. The number of hydrogen-bond acceptors (Lipinski definition) is 2. The monoisotopic (exact) mass is 273 g/mol. The SMILES string of the molecule is CC(C)/C(=C\C(=O)O)c1ccc(N2CCCCC2)cc1. The molecule has 20 heavy (non-hydrogen) atoms. The highest BCUT2D eigenvalue weighted by Gasteiger charge is 2.12. The van der Waals surface area contributed by atoms with Crippen LogP contribution in [0.2, 0.25) is 0 Å². The molecule has 3 nitrogen and oxygen atoms in total. The summed E-state index contributed by atoms with van der Waals surface area (Å²) >= 11 is 0. The molecule has 1 heterocycles. The van der Waals surface area contributed by atoms with Gasteiger partial charge in [-0.25, -0.2) is 4.79 Å². The van der Waals surface area contributed by atoms with Gasteiger partial charge in [0.05, 0.1) is 0 Å². The predicted molar refractivity (Wildman–Crippen MR) is 83.0 cm³/mol. The van der Waals surface area contributed by atoms with Crippen LogP contribution in [-0.2, 0) is 4.79 Å². The lowest BCUT2D eigenvalue weighted by Crippen LogP contribution is -2.29. The van der Waals surface area contributed by atoms with Crippen LogP contribution in [0.15, 0.2) is 30.3 Å². The molecule has 0 aliphatic carbocycles. The number of carbonyl (C=O) groups is 1. The van der Waals surface area contributed by atoms with E-state index in [2.05, 4.69) is 17.0 Å². The fourth-order valence-corrected chi connectivity index (χ4v) is 2.73. The molecule has 1 aromatic carbocycles. The molecule has 0 amide bonds. The summed E-state index contributed by atoms with van der Waals surface area (Å²) in [5.74, 6) is -0.680. The molecular weight excluding hydrogens is 250 g/mol. The molecule has 0 saturated carbocycles. The first-order valence-corrected chi connectivity index (χ1v) is 7.38. The third-order valence-corrected chi connectivity index (χ3v) is 3.82. The minimum Gasteiger partial charge on any atom is -0.478 e. The summed E-state index contributed by atoms with van der Waals surface area (Å²) in [6.45, 7) is 6.29. The molecule has 0 spiro atoms. The van der Waals surface area contributed by atoms with E-state index in [-0.39, 0.29) is 5.92 Å². The van der Waals surface area contributed by atoms with E-state index in [1.807, 2.05) is 26.0 Å². The van der Waals surface area contributed by atoms with Gasteiger partial charge in [0.1, 0.15) is 0 Å². The van der Waals surface area contributed by atoms with Crippen LogP contribution in [0.3, 0.4) is 0 Å². The fourth-order valence-electron chi connectivity index (χ4n) is 2.73. The number of rotatable bonds is 4. The molecule has 1 aromatic rings. The Morgan fingerprint density at radius 3 is 2.25 bits per heavy atom. The van der Waals surface area contributed by atoms with Crippen molar-refractivity contribution in [2.45, 2.75) is 33.1 Å². The topological polar surface area (TPSA) is 40.5 Å². The lowest BCUT2D eigenvalue weighted by molar-refractivity contribution is -0.131. The summed E-state index contributed by atoms with van der Waals surface area (Å²) in [5, 5.41) is 8.97. The summed E-state index contributed by atoms with van der Waals surface area (Å²) in [6.07, 6.45) is 5.17. The van der Waals surface area contributed by atoms with Crippen LogP contribution >= 0.6 is 0 Å². The summed E-state index contributed by atoms with van der Waals surface area (Å²) in [4.78, 5) is 13.3. The molecule has 0 aromatic heterocycles. The van der Waals surface area contributed by atoms with Crippen LogP contribution in [0, 0.1) is 5.92 Å². The Hall–Kier alpha value is -1.77. The van der Waals surface area contributed by atoms with Crippen molar-refractivity contribution in [3.8, 4) is 0 Å². The highest BCUT2D eigenvalue weighted by molar-refractivity contribution is 5.90. The lowest BCUT2D eigenvalue weighted by atomic mass is 9.94.